The van der Waals surface area contributed by atoms with Crippen molar-refractivity contribution in [3.63, 3.8) is 0 Å². The summed E-state index contributed by atoms with van der Waals surface area (Å²) >= 11 is 1.56. The molecule has 1 aromatic rings. The normalized spacial score (nSPS) is 9.64. The maximum Gasteiger partial charge on any atom is 0.303 e. The third kappa shape index (κ3) is 1.62. The number of aromatic nitrogens is 1. The number of hydrogen-bond donors (Lipinski definition) is 0. The fourth-order valence-corrected chi connectivity index (χ4v) is 1.01. The van der Waals surface area contributed by atoms with Crippen LogP contribution in [-0.4, -0.2) is 9.91 Å². The Labute approximate surface area is 74.7 Å². The fourth-order valence-electron chi connectivity index (χ4n) is 0.536. The lowest BCUT2D eigenvalue weighted by atomic mass is 10.4. The fraction of sp³-hybridized carbons (Fsp3) is 0. The Balaban J connectivity index is 3.27. The second kappa shape index (κ2) is 3.07. The maximum atomic E-state index is 12.6. The highest BCUT2D eigenvalue weighted by Gasteiger charge is 2.14. The molecule has 1 rings (SSSR count). The first kappa shape index (κ1) is 8.31. The van der Waals surface area contributed by atoms with Crippen molar-refractivity contribution in [2.45, 2.75) is 0 Å². The Morgan fingerprint density at radius 2 is 2.27 bits per heavy atom. The van der Waals surface area contributed by atoms with Gasteiger partial charge in [-0.25, -0.2) is 4.39 Å². The smallest absolute Gasteiger partial charge is 0.258 e. The van der Waals surface area contributed by atoms with Crippen molar-refractivity contribution in [3.8, 4) is 0 Å². The van der Waals surface area contributed by atoms with E-state index in [9.17, 15) is 14.5 Å². The van der Waals surface area contributed by atoms with Gasteiger partial charge in [0, 0.05) is 0 Å². The summed E-state index contributed by atoms with van der Waals surface area (Å²) in [5.74, 6) is -0.667. The Bertz CT molecular complexity index is 305. The molecule has 0 saturated heterocycles. The topological polar surface area (TPSA) is 56.0 Å². The summed E-state index contributed by atoms with van der Waals surface area (Å²) in [6.45, 7) is 0. The molecule has 4 nitrogen and oxygen atoms in total. The lowest BCUT2D eigenvalue weighted by molar-refractivity contribution is -0.386. The van der Waals surface area contributed by atoms with E-state index >= 15 is 0 Å². The van der Waals surface area contributed by atoms with Crippen molar-refractivity contribution >= 4 is 28.3 Å². The van der Waals surface area contributed by atoms with E-state index in [1.807, 2.05) is 0 Å². The molecule has 0 amide bonds. The second-order valence-corrected chi connectivity index (χ2v) is 2.79. The Kier molecular flexibility index (Phi) is 2.32. The summed E-state index contributed by atoms with van der Waals surface area (Å²) in [5, 5.41) is 10.2. The van der Waals surface area contributed by atoms with Crippen molar-refractivity contribution in [1.82, 2.24) is 4.98 Å². The van der Waals surface area contributed by atoms with Crippen LogP contribution in [0.3, 0.4) is 0 Å². The van der Waals surface area contributed by atoms with E-state index in [2.05, 4.69) is 4.98 Å². The number of pyridine rings is 1. The third-order valence-electron chi connectivity index (χ3n) is 1.02. The molecule has 1 aromatic heterocycles. The van der Waals surface area contributed by atoms with Gasteiger partial charge >= 0.3 is 5.69 Å². The van der Waals surface area contributed by atoms with Gasteiger partial charge in [0.25, 0.3) is 0 Å². The summed E-state index contributed by atoms with van der Waals surface area (Å²) in [7, 11) is 0. The SMILES string of the molecule is O=[N+]([O-])c1cncc(F)c1I. The molecule has 11 heavy (non-hydrogen) atoms. The Hall–Kier alpha value is -0.790. The predicted molar refractivity (Wildman–Crippen MR) is 43.6 cm³/mol. The van der Waals surface area contributed by atoms with E-state index in [1.54, 1.807) is 22.6 Å². The molecule has 0 saturated carbocycles. The molecule has 0 bridgehead atoms. The van der Waals surface area contributed by atoms with Gasteiger partial charge in [-0.1, -0.05) is 0 Å². The van der Waals surface area contributed by atoms with Crippen LogP contribution >= 0.6 is 22.6 Å². The van der Waals surface area contributed by atoms with Crippen LogP contribution in [0.5, 0.6) is 0 Å². The van der Waals surface area contributed by atoms with Gasteiger partial charge in [0.05, 0.1) is 11.1 Å². The number of hydrogen-bond acceptors (Lipinski definition) is 3. The van der Waals surface area contributed by atoms with Crippen LogP contribution in [0.15, 0.2) is 12.4 Å². The number of nitrogens with zero attached hydrogens (tertiary/aromatic N) is 2. The summed E-state index contributed by atoms with van der Waals surface area (Å²) in [4.78, 5) is 12.8. The molecule has 0 aliphatic heterocycles. The minimum Gasteiger partial charge on any atom is -0.258 e. The largest absolute Gasteiger partial charge is 0.303 e. The van der Waals surface area contributed by atoms with Crippen LogP contribution < -0.4 is 0 Å². The molecule has 0 aliphatic carbocycles. The van der Waals surface area contributed by atoms with Crippen LogP contribution in [0.4, 0.5) is 10.1 Å². The molecule has 1 heterocycles. The molecular weight excluding hydrogens is 266 g/mol. The van der Waals surface area contributed by atoms with Gasteiger partial charge in [-0.2, -0.15) is 0 Å². The van der Waals surface area contributed by atoms with E-state index in [0.717, 1.165) is 12.4 Å². The van der Waals surface area contributed by atoms with Crippen molar-refractivity contribution in [3.05, 3.63) is 31.9 Å². The first-order valence-electron chi connectivity index (χ1n) is 2.56. The highest BCUT2D eigenvalue weighted by atomic mass is 127. The zero-order valence-corrected chi connectivity index (χ0v) is 7.28. The molecule has 0 N–H and O–H groups in total. The van der Waals surface area contributed by atoms with Gasteiger partial charge in [-0.15, -0.1) is 0 Å². The van der Waals surface area contributed by atoms with Gasteiger partial charge in [-0.05, 0) is 22.6 Å². The molecule has 0 aliphatic rings. The first-order valence-corrected chi connectivity index (χ1v) is 3.64. The minimum absolute atomic E-state index is 0.0115. The van der Waals surface area contributed by atoms with Gasteiger partial charge in [0.15, 0.2) is 5.82 Å². The molecule has 0 aromatic carbocycles. The average molecular weight is 268 g/mol. The highest BCUT2D eigenvalue weighted by molar-refractivity contribution is 14.1. The van der Waals surface area contributed by atoms with Crippen molar-refractivity contribution in [2.24, 2.45) is 0 Å². The standard InChI is InChI=1S/C5H2FIN2O2/c6-3-1-8-2-4(5(3)7)9(10)11/h1-2H. The average Bonchev–Trinajstić information content (AvgIpc) is 1.94. The molecule has 0 radical (unpaired) electrons. The molecule has 0 atom stereocenters. The molecule has 6 heteroatoms. The van der Waals surface area contributed by atoms with Crippen LogP contribution in [0, 0.1) is 19.5 Å². The maximum absolute atomic E-state index is 12.6. The van der Waals surface area contributed by atoms with Gasteiger partial charge in [0.1, 0.15) is 9.77 Å². The van der Waals surface area contributed by atoms with E-state index in [1.165, 1.54) is 0 Å². The lowest BCUT2D eigenvalue weighted by Gasteiger charge is -1.93. The van der Waals surface area contributed by atoms with Crippen molar-refractivity contribution in [2.75, 3.05) is 0 Å². The Morgan fingerprint density at radius 3 is 2.73 bits per heavy atom. The number of halogens is 2. The van der Waals surface area contributed by atoms with Gasteiger partial charge in [0.2, 0.25) is 0 Å². The molecule has 0 unspecified atom stereocenters. The molecule has 58 valence electrons. The van der Waals surface area contributed by atoms with Crippen LogP contribution in [-0.2, 0) is 0 Å². The Morgan fingerprint density at radius 1 is 1.64 bits per heavy atom. The van der Waals surface area contributed by atoms with Crippen molar-refractivity contribution < 1.29 is 9.31 Å². The van der Waals surface area contributed by atoms with E-state index in [4.69, 9.17) is 0 Å². The quantitative estimate of drug-likeness (QED) is 0.442. The van der Waals surface area contributed by atoms with Crippen LogP contribution in [0.25, 0.3) is 0 Å². The van der Waals surface area contributed by atoms with Crippen LogP contribution in [0.1, 0.15) is 0 Å². The van der Waals surface area contributed by atoms with Gasteiger partial charge < -0.3 is 0 Å². The highest BCUT2D eigenvalue weighted by Crippen LogP contribution is 2.20. The summed E-state index contributed by atoms with van der Waals surface area (Å²) in [6.07, 6.45) is 1.96. The zero-order valence-electron chi connectivity index (χ0n) is 5.12. The number of nitro groups is 1. The molecule has 0 fully saturated rings. The number of rotatable bonds is 1. The van der Waals surface area contributed by atoms with E-state index < -0.39 is 10.7 Å². The predicted octanol–water partition coefficient (Wildman–Crippen LogP) is 1.73. The molecule has 0 spiro atoms. The van der Waals surface area contributed by atoms with Gasteiger partial charge in [-0.3, -0.25) is 15.1 Å². The van der Waals surface area contributed by atoms with E-state index in [-0.39, 0.29) is 9.26 Å². The monoisotopic (exact) mass is 268 g/mol. The van der Waals surface area contributed by atoms with Crippen molar-refractivity contribution in [1.29, 1.82) is 0 Å². The third-order valence-corrected chi connectivity index (χ3v) is 2.08. The van der Waals surface area contributed by atoms with E-state index in [0.29, 0.717) is 0 Å². The second-order valence-electron chi connectivity index (χ2n) is 1.71. The summed E-state index contributed by atoms with van der Waals surface area (Å²) in [5.41, 5.74) is -0.300. The zero-order chi connectivity index (χ0) is 8.43. The summed E-state index contributed by atoms with van der Waals surface area (Å²) < 4.78 is 12.6. The lowest BCUT2D eigenvalue weighted by Crippen LogP contribution is -1.95. The minimum atomic E-state index is -0.669. The molecular formula is C5H2FIN2O2. The summed E-state index contributed by atoms with van der Waals surface area (Å²) in [6, 6.07) is 0. The first-order chi connectivity index (χ1) is 5.13. The van der Waals surface area contributed by atoms with Crippen LogP contribution in [0.2, 0.25) is 0 Å².